The molecule has 1 unspecified atom stereocenters. The van der Waals surface area contributed by atoms with Gasteiger partial charge >= 0.3 is 16.0 Å². The summed E-state index contributed by atoms with van der Waals surface area (Å²) in [6, 6.07) is 0. The third-order valence-corrected chi connectivity index (χ3v) is 2.75. The van der Waals surface area contributed by atoms with Crippen LogP contribution in [0.2, 0.25) is 0 Å². The Balaban J connectivity index is 3.24. The summed E-state index contributed by atoms with van der Waals surface area (Å²) in [5, 5.41) is 17.0. The molecule has 1 heterocycles. The van der Waals surface area contributed by atoms with Gasteiger partial charge in [-0.3, -0.25) is 19.3 Å². The van der Waals surface area contributed by atoms with Crippen LogP contribution in [0, 0.1) is 0 Å². The Labute approximate surface area is 72.1 Å². The molecule has 1 rings (SSSR count). The van der Waals surface area contributed by atoms with E-state index < -0.39 is 38.3 Å². The zero-order chi connectivity index (χ0) is 10.4. The van der Waals surface area contributed by atoms with Gasteiger partial charge in [-0.1, -0.05) is 0 Å². The lowest BCUT2D eigenvalue weighted by atomic mass is 10.3. The van der Waals surface area contributed by atoms with Crippen LogP contribution < -0.4 is 0 Å². The molecule has 0 aromatic heterocycles. The van der Waals surface area contributed by atoms with E-state index in [1.54, 1.807) is 0 Å². The summed E-state index contributed by atoms with van der Waals surface area (Å²) in [5.41, 5.74) is 0. The molecule has 1 aliphatic heterocycles. The summed E-state index contributed by atoms with van der Waals surface area (Å²) in [6.07, 6.45) is -1.19. The summed E-state index contributed by atoms with van der Waals surface area (Å²) in [5.74, 6) is -3.08. The SMILES string of the molecule is O=C1CC(O)(S(=O)(=O)O)C(=O)N1O. The van der Waals surface area contributed by atoms with E-state index in [0.717, 1.165) is 0 Å². The molecule has 3 N–H and O–H groups in total. The normalized spacial score (nSPS) is 29.9. The number of rotatable bonds is 1. The fraction of sp³-hybridized carbons (Fsp3) is 0.500. The van der Waals surface area contributed by atoms with Gasteiger partial charge in [-0.15, -0.1) is 0 Å². The molecule has 1 saturated heterocycles. The fourth-order valence-corrected chi connectivity index (χ4v) is 1.45. The molecule has 0 bridgehead atoms. The lowest BCUT2D eigenvalue weighted by Crippen LogP contribution is -2.45. The summed E-state index contributed by atoms with van der Waals surface area (Å²) in [7, 11) is -5.13. The largest absolute Gasteiger partial charge is 0.365 e. The van der Waals surface area contributed by atoms with Gasteiger partial charge in [0.05, 0.1) is 6.42 Å². The number of carbonyl (C=O) groups excluding carboxylic acids is 2. The van der Waals surface area contributed by atoms with Gasteiger partial charge in [-0.2, -0.15) is 13.5 Å². The van der Waals surface area contributed by atoms with Crippen molar-refractivity contribution in [1.82, 2.24) is 5.06 Å². The van der Waals surface area contributed by atoms with Crippen LogP contribution in [0.5, 0.6) is 0 Å². The molecular formula is C4H5NO7S. The Morgan fingerprint density at radius 1 is 1.38 bits per heavy atom. The average molecular weight is 211 g/mol. The van der Waals surface area contributed by atoms with Gasteiger partial charge in [0.15, 0.2) is 0 Å². The van der Waals surface area contributed by atoms with Gasteiger partial charge in [0.25, 0.3) is 10.8 Å². The van der Waals surface area contributed by atoms with E-state index in [1.807, 2.05) is 0 Å². The number of hydroxylamine groups is 2. The Morgan fingerprint density at radius 2 is 1.85 bits per heavy atom. The number of nitrogens with zero attached hydrogens (tertiary/aromatic N) is 1. The van der Waals surface area contributed by atoms with Gasteiger partial charge in [-0.05, 0) is 0 Å². The van der Waals surface area contributed by atoms with Crippen LogP contribution in [0.1, 0.15) is 6.42 Å². The molecule has 1 atom stereocenters. The molecule has 13 heavy (non-hydrogen) atoms. The topological polar surface area (TPSA) is 132 Å². The molecule has 0 saturated carbocycles. The number of hydrogen-bond acceptors (Lipinski definition) is 6. The monoisotopic (exact) mass is 211 g/mol. The summed E-state index contributed by atoms with van der Waals surface area (Å²) in [6.45, 7) is 0. The molecule has 0 aromatic rings. The molecule has 2 amide bonds. The molecule has 0 aromatic carbocycles. The maximum Gasteiger partial charge on any atom is 0.305 e. The second-order valence-electron chi connectivity index (χ2n) is 2.45. The molecule has 0 spiro atoms. The quantitative estimate of drug-likeness (QED) is 0.252. The minimum atomic E-state index is -5.13. The zero-order valence-corrected chi connectivity index (χ0v) is 6.85. The van der Waals surface area contributed by atoms with Crippen LogP contribution >= 0.6 is 0 Å². The number of hydrogen-bond donors (Lipinski definition) is 3. The van der Waals surface area contributed by atoms with Gasteiger partial charge in [0.2, 0.25) is 0 Å². The Kier molecular flexibility index (Phi) is 1.92. The first-order valence-electron chi connectivity index (χ1n) is 2.96. The van der Waals surface area contributed by atoms with E-state index in [4.69, 9.17) is 14.9 Å². The third-order valence-electron chi connectivity index (χ3n) is 1.58. The van der Waals surface area contributed by atoms with Crippen molar-refractivity contribution in [2.24, 2.45) is 0 Å². The highest BCUT2D eigenvalue weighted by molar-refractivity contribution is 7.88. The van der Waals surface area contributed by atoms with Gasteiger partial charge in [-0.25, -0.2) is 0 Å². The minimum absolute atomic E-state index is 0.548. The standard InChI is InChI=1S/C4H5NO7S/c6-2-1-4(8,13(10,11)12)3(7)5(2)9/h8-9H,1H2,(H,10,11,12). The maximum atomic E-state index is 10.8. The van der Waals surface area contributed by atoms with Gasteiger partial charge < -0.3 is 5.11 Å². The van der Waals surface area contributed by atoms with Crippen molar-refractivity contribution in [1.29, 1.82) is 0 Å². The average Bonchev–Trinajstić information content (AvgIpc) is 2.15. The van der Waals surface area contributed by atoms with E-state index >= 15 is 0 Å². The first-order chi connectivity index (χ1) is 5.70. The van der Waals surface area contributed by atoms with Crippen molar-refractivity contribution in [3.05, 3.63) is 0 Å². The van der Waals surface area contributed by atoms with Crippen LogP contribution in [0.15, 0.2) is 0 Å². The first kappa shape index (κ1) is 10.1. The third kappa shape index (κ3) is 1.21. The van der Waals surface area contributed by atoms with Crippen molar-refractivity contribution in [3.8, 4) is 0 Å². The molecule has 1 aliphatic rings. The number of aliphatic hydroxyl groups is 1. The van der Waals surface area contributed by atoms with E-state index in [9.17, 15) is 18.0 Å². The number of imide groups is 1. The highest BCUT2D eigenvalue weighted by Gasteiger charge is 2.59. The summed E-state index contributed by atoms with van der Waals surface area (Å²) >= 11 is 0. The van der Waals surface area contributed by atoms with Crippen molar-refractivity contribution < 1.29 is 32.9 Å². The minimum Gasteiger partial charge on any atom is -0.365 e. The Bertz CT molecular complexity index is 372. The summed E-state index contributed by atoms with van der Waals surface area (Å²) < 4.78 is 29.3. The summed E-state index contributed by atoms with van der Waals surface area (Å²) in [4.78, 5) is 18.1. The zero-order valence-electron chi connectivity index (χ0n) is 6.04. The van der Waals surface area contributed by atoms with E-state index in [2.05, 4.69) is 0 Å². The Morgan fingerprint density at radius 3 is 2.00 bits per heavy atom. The van der Waals surface area contributed by atoms with Crippen LogP contribution in [-0.4, -0.2) is 45.1 Å². The smallest absolute Gasteiger partial charge is 0.305 e. The van der Waals surface area contributed by atoms with Crippen molar-refractivity contribution in [2.75, 3.05) is 0 Å². The second-order valence-corrected chi connectivity index (χ2v) is 4.07. The number of amides is 2. The van der Waals surface area contributed by atoms with Crippen LogP contribution in [0.25, 0.3) is 0 Å². The van der Waals surface area contributed by atoms with Crippen LogP contribution in [0.4, 0.5) is 0 Å². The fourth-order valence-electron chi connectivity index (χ4n) is 0.836. The van der Waals surface area contributed by atoms with E-state index in [-0.39, 0.29) is 0 Å². The molecule has 74 valence electrons. The predicted molar refractivity (Wildman–Crippen MR) is 34.8 cm³/mol. The van der Waals surface area contributed by atoms with Gasteiger partial charge in [0.1, 0.15) is 0 Å². The second kappa shape index (κ2) is 2.48. The molecular weight excluding hydrogens is 206 g/mol. The molecule has 1 fully saturated rings. The first-order valence-corrected chi connectivity index (χ1v) is 4.40. The molecule has 0 radical (unpaired) electrons. The number of carbonyl (C=O) groups is 2. The van der Waals surface area contributed by atoms with Gasteiger partial charge in [0, 0.05) is 0 Å². The van der Waals surface area contributed by atoms with Crippen LogP contribution in [0.3, 0.4) is 0 Å². The van der Waals surface area contributed by atoms with Crippen molar-refractivity contribution in [2.45, 2.75) is 11.4 Å². The highest BCUT2D eigenvalue weighted by atomic mass is 32.2. The molecule has 8 nitrogen and oxygen atoms in total. The maximum absolute atomic E-state index is 10.8. The molecule has 9 heteroatoms. The van der Waals surface area contributed by atoms with E-state index in [0.29, 0.717) is 0 Å². The van der Waals surface area contributed by atoms with Crippen molar-refractivity contribution in [3.63, 3.8) is 0 Å². The van der Waals surface area contributed by atoms with Crippen LogP contribution in [-0.2, 0) is 19.7 Å². The lowest BCUT2D eigenvalue weighted by molar-refractivity contribution is -0.174. The Hall–Kier alpha value is -1.03. The lowest BCUT2D eigenvalue weighted by Gasteiger charge is -2.13. The highest BCUT2D eigenvalue weighted by Crippen LogP contribution is 2.27. The van der Waals surface area contributed by atoms with Crippen molar-refractivity contribution >= 4 is 21.9 Å². The van der Waals surface area contributed by atoms with E-state index in [1.165, 1.54) is 0 Å². The molecule has 0 aliphatic carbocycles. The predicted octanol–water partition coefficient (Wildman–Crippen LogP) is -2.29.